The van der Waals surface area contributed by atoms with Crippen LogP contribution in [0.4, 0.5) is 4.39 Å². The molecule has 2 saturated heterocycles. The Labute approximate surface area is 245 Å². The number of phosphoric ester groups is 3. The third kappa shape index (κ3) is 8.80. The second-order valence-electron chi connectivity index (χ2n) is 9.21. The minimum absolute atomic E-state index is 0.0984. The van der Waals surface area contributed by atoms with E-state index in [0.717, 1.165) is 23.0 Å². The average molecular weight is 691 g/mol. The molecular formula is C19H21FN3O18P3-6. The number of rotatable bonds is 12. The van der Waals surface area contributed by atoms with E-state index in [1.165, 1.54) is 12.1 Å². The first-order valence-corrected chi connectivity index (χ1v) is 16.4. The molecule has 0 radical (unpaired) electrons. The highest BCUT2D eigenvalue weighted by molar-refractivity contribution is 7.43. The maximum Gasteiger partial charge on any atom is 0.187 e. The molecule has 0 aliphatic carbocycles. The molecule has 1 aromatic heterocycles. The fraction of sp³-hybridized carbons (Fsp3) is 0.579. The molecule has 2 aliphatic rings. The van der Waals surface area contributed by atoms with Crippen molar-refractivity contribution in [3.8, 4) is 11.3 Å². The van der Waals surface area contributed by atoms with Crippen LogP contribution in [0.5, 0.6) is 0 Å². The van der Waals surface area contributed by atoms with Gasteiger partial charge in [0.15, 0.2) is 12.5 Å². The maximum absolute atomic E-state index is 13.3. The Bertz CT molecular complexity index is 1420. The molecule has 25 heteroatoms. The summed E-state index contributed by atoms with van der Waals surface area (Å²) < 4.78 is 77.5. The van der Waals surface area contributed by atoms with Gasteiger partial charge in [-0.25, -0.2) is 9.07 Å². The number of halogens is 1. The lowest BCUT2D eigenvalue weighted by atomic mass is 9.99. The van der Waals surface area contributed by atoms with Crippen molar-refractivity contribution >= 4 is 23.5 Å². The molecule has 0 amide bonds. The van der Waals surface area contributed by atoms with Crippen LogP contribution in [-0.4, -0.2) is 92.5 Å². The topological polar surface area (TPSA) is 336 Å². The van der Waals surface area contributed by atoms with Crippen LogP contribution in [0.2, 0.25) is 0 Å². The number of nitrogens with zero attached hydrogens (tertiary/aromatic N) is 3. The lowest BCUT2D eigenvalue weighted by molar-refractivity contribution is -0.379. The molecule has 0 bridgehead atoms. The first-order chi connectivity index (χ1) is 20.4. The van der Waals surface area contributed by atoms with Gasteiger partial charge in [-0.2, -0.15) is 0 Å². The highest BCUT2D eigenvalue weighted by Gasteiger charge is 2.54. The molecule has 3 heterocycles. The van der Waals surface area contributed by atoms with E-state index in [-0.39, 0.29) is 5.69 Å². The second-order valence-corrected chi connectivity index (χ2v) is 12.5. The van der Waals surface area contributed by atoms with Crippen LogP contribution in [0.25, 0.3) is 11.3 Å². The van der Waals surface area contributed by atoms with Gasteiger partial charge in [-0.1, -0.05) is 5.21 Å². The summed E-state index contributed by atoms with van der Waals surface area (Å²) in [5, 5.41) is 37.9. The lowest BCUT2D eigenvalue weighted by Crippen LogP contribution is -2.62. The Hall–Kier alpha value is -1.62. The van der Waals surface area contributed by atoms with Crippen molar-refractivity contribution in [2.24, 2.45) is 0 Å². The van der Waals surface area contributed by atoms with Gasteiger partial charge in [0, 0.05) is 5.56 Å². The Kier molecular flexibility index (Phi) is 10.9. The van der Waals surface area contributed by atoms with Crippen molar-refractivity contribution < 1.29 is 90.5 Å². The standard InChI is InChI=1S/C19H27FN3O18P3/c20-9-3-1-8(2-4-9)10-5-23(22-21-10)18-17(41-44(33,34)35)14(11(6-24)36-18)38-19-13(26)16(40-43(30,31)32)15(12(7-25)37-19)39-42(27,28)29/h1-5,11-19,24-26H,6-7H2,(H2,27,28,29)(H2,30,31,32)(H2,33,34,35)/p-6/t11-,12-,13-,14-,15-,16-,17-,18-,19-/m1/s1. The highest BCUT2D eigenvalue weighted by Crippen LogP contribution is 2.44. The van der Waals surface area contributed by atoms with E-state index >= 15 is 0 Å². The van der Waals surface area contributed by atoms with Gasteiger partial charge in [-0.05, 0) is 24.3 Å². The summed E-state index contributed by atoms with van der Waals surface area (Å²) in [5.41, 5.74) is 0.436. The lowest BCUT2D eigenvalue weighted by Gasteiger charge is -2.49. The van der Waals surface area contributed by atoms with Gasteiger partial charge in [0.1, 0.15) is 54.2 Å². The molecule has 44 heavy (non-hydrogen) atoms. The molecule has 0 spiro atoms. The van der Waals surface area contributed by atoms with E-state index in [1.807, 2.05) is 0 Å². The van der Waals surface area contributed by atoms with E-state index in [9.17, 15) is 62.8 Å². The summed E-state index contributed by atoms with van der Waals surface area (Å²) in [6, 6.07) is 4.87. The Morgan fingerprint density at radius 2 is 1.34 bits per heavy atom. The molecule has 2 aliphatic heterocycles. The zero-order valence-corrected chi connectivity index (χ0v) is 24.2. The zero-order valence-electron chi connectivity index (χ0n) is 21.5. The van der Waals surface area contributed by atoms with Crippen LogP contribution >= 0.6 is 23.5 Å². The van der Waals surface area contributed by atoms with E-state index in [1.54, 1.807) is 0 Å². The van der Waals surface area contributed by atoms with Crippen LogP contribution in [0.15, 0.2) is 30.5 Å². The predicted molar refractivity (Wildman–Crippen MR) is 120 cm³/mol. The molecule has 0 saturated carbocycles. The zero-order chi connectivity index (χ0) is 32.6. The quantitative estimate of drug-likeness (QED) is 0.174. The van der Waals surface area contributed by atoms with Crippen LogP contribution < -0.4 is 29.4 Å². The third-order valence-corrected chi connectivity index (χ3v) is 7.72. The molecule has 9 atom stereocenters. The molecule has 21 nitrogen and oxygen atoms in total. The average Bonchev–Trinajstić information content (AvgIpc) is 3.51. The van der Waals surface area contributed by atoms with Gasteiger partial charge in [-0.15, -0.1) is 5.10 Å². The van der Waals surface area contributed by atoms with Crippen molar-refractivity contribution in [3.63, 3.8) is 0 Å². The minimum atomic E-state index is -6.08. The summed E-state index contributed by atoms with van der Waals surface area (Å²) in [6.45, 7) is -2.25. The molecule has 2 fully saturated rings. The van der Waals surface area contributed by atoms with Crippen molar-refractivity contribution in [1.82, 2.24) is 15.0 Å². The SMILES string of the molecule is O=P([O-])([O-])O[C@@H]1[C@@H](O)[C@@H](O[C@H]2[C@@H](OP(=O)([O-])[O-])[C@H](n3cc(-c4ccc(F)cc4)nn3)O[C@@H]2CO)O[C@H](CO)[C@H]1OP(=O)([O-])[O-]. The molecule has 248 valence electrons. The second kappa shape index (κ2) is 13.6. The molecule has 4 rings (SSSR count). The number of ether oxygens (including phenoxy) is 3. The number of aromatic nitrogens is 3. The van der Waals surface area contributed by atoms with Crippen molar-refractivity contribution in [1.29, 1.82) is 0 Å². The third-order valence-electron chi connectivity index (χ3n) is 6.21. The van der Waals surface area contributed by atoms with Gasteiger partial charge >= 0.3 is 0 Å². The Morgan fingerprint density at radius 3 is 1.89 bits per heavy atom. The van der Waals surface area contributed by atoms with Crippen molar-refractivity contribution in [3.05, 3.63) is 36.3 Å². The van der Waals surface area contributed by atoms with E-state index < -0.39 is 97.7 Å². The van der Waals surface area contributed by atoms with Gasteiger partial charge in [0.05, 0.1) is 42.9 Å². The smallest absolute Gasteiger partial charge is 0.187 e. The van der Waals surface area contributed by atoms with Gasteiger partial charge < -0.3 is 86.2 Å². The van der Waals surface area contributed by atoms with E-state index in [2.05, 4.69) is 23.9 Å². The highest BCUT2D eigenvalue weighted by atomic mass is 31.2. The van der Waals surface area contributed by atoms with Gasteiger partial charge in [0.25, 0.3) is 0 Å². The van der Waals surface area contributed by atoms with E-state index in [0.29, 0.717) is 5.56 Å². The van der Waals surface area contributed by atoms with Gasteiger partial charge in [0.2, 0.25) is 0 Å². The summed E-state index contributed by atoms with van der Waals surface area (Å²) in [7, 11) is -18.0. The fourth-order valence-electron chi connectivity index (χ4n) is 4.50. The summed E-state index contributed by atoms with van der Waals surface area (Å²) in [5.74, 6) is -0.564. The predicted octanol–water partition coefficient (Wildman–Crippen LogP) is -5.92. The number of hydrogen-bond donors (Lipinski definition) is 3. The fourth-order valence-corrected chi connectivity index (χ4v) is 6.12. The molecule has 0 unspecified atom stereocenters. The Balaban J connectivity index is 1.66. The molecular weight excluding hydrogens is 670 g/mol. The Morgan fingerprint density at radius 1 is 0.818 bits per heavy atom. The molecule has 1 aromatic carbocycles. The number of aliphatic hydroxyl groups excluding tert-OH is 3. The largest absolute Gasteiger partial charge is 0.790 e. The summed E-state index contributed by atoms with van der Waals surface area (Å²) in [4.78, 5) is 68.4. The normalized spacial score (nSPS) is 31.8. The monoisotopic (exact) mass is 691 g/mol. The van der Waals surface area contributed by atoms with E-state index in [4.69, 9.17) is 14.2 Å². The summed E-state index contributed by atoms with van der Waals surface area (Å²) in [6.07, 6.45) is -18.0. The van der Waals surface area contributed by atoms with Crippen LogP contribution in [0, 0.1) is 5.82 Å². The van der Waals surface area contributed by atoms with Crippen LogP contribution in [0.1, 0.15) is 6.23 Å². The van der Waals surface area contributed by atoms with Crippen LogP contribution in [-0.2, 0) is 41.5 Å². The minimum Gasteiger partial charge on any atom is -0.790 e. The summed E-state index contributed by atoms with van der Waals surface area (Å²) >= 11 is 0. The number of aliphatic hydroxyl groups is 3. The van der Waals surface area contributed by atoms with Gasteiger partial charge in [-0.3, -0.25) is 0 Å². The van der Waals surface area contributed by atoms with Crippen molar-refractivity contribution in [2.45, 2.75) is 55.2 Å². The number of benzene rings is 1. The van der Waals surface area contributed by atoms with Crippen molar-refractivity contribution in [2.75, 3.05) is 13.2 Å². The molecule has 2 aromatic rings. The maximum atomic E-state index is 13.3. The van der Waals surface area contributed by atoms with Crippen LogP contribution in [0.3, 0.4) is 0 Å². The first-order valence-electron chi connectivity index (χ1n) is 12.0. The number of phosphoric acid groups is 3. The molecule has 3 N–H and O–H groups in total. The first kappa shape index (κ1) is 35.2. The number of hydrogen-bond acceptors (Lipinski definition) is 20.